The molecule has 0 atom stereocenters. The number of pyridine rings is 1. The molecule has 2 N–H and O–H groups in total. The number of nitrogens with one attached hydrogen (secondary N) is 2. The summed E-state index contributed by atoms with van der Waals surface area (Å²) in [6, 6.07) is 13.9. The van der Waals surface area contributed by atoms with Crippen LogP contribution in [-0.4, -0.2) is 30.0 Å². The van der Waals surface area contributed by atoms with Crippen molar-refractivity contribution in [3.8, 4) is 11.5 Å². The van der Waals surface area contributed by atoms with Crippen molar-refractivity contribution in [1.82, 2.24) is 15.8 Å². The summed E-state index contributed by atoms with van der Waals surface area (Å²) in [5, 5.41) is 0.800. The molecule has 7 nitrogen and oxygen atoms in total. The van der Waals surface area contributed by atoms with Crippen molar-refractivity contribution < 1.29 is 19.1 Å². The second-order valence-electron chi connectivity index (χ2n) is 6.78. The maximum atomic E-state index is 12.5. The van der Waals surface area contributed by atoms with Gasteiger partial charge in [0.05, 0.1) is 30.0 Å². The lowest BCUT2D eigenvalue weighted by Crippen LogP contribution is -2.41. The molecule has 0 aliphatic heterocycles. The number of rotatable bonds is 5. The van der Waals surface area contributed by atoms with Gasteiger partial charge in [-0.15, -0.1) is 0 Å². The van der Waals surface area contributed by atoms with Crippen LogP contribution < -0.4 is 20.3 Å². The zero-order valence-corrected chi connectivity index (χ0v) is 16.8. The first kappa shape index (κ1) is 20.1. The van der Waals surface area contributed by atoms with E-state index in [0.29, 0.717) is 28.3 Å². The lowest BCUT2D eigenvalue weighted by Gasteiger charge is -2.12. The van der Waals surface area contributed by atoms with Crippen LogP contribution in [0.1, 0.15) is 40.3 Å². The Balaban J connectivity index is 1.68. The maximum absolute atomic E-state index is 12.5. The van der Waals surface area contributed by atoms with Gasteiger partial charge in [-0.05, 0) is 63.2 Å². The first-order chi connectivity index (χ1) is 13.9. The average molecular weight is 393 g/mol. The van der Waals surface area contributed by atoms with Gasteiger partial charge in [-0.1, -0.05) is 0 Å². The normalized spacial score (nSPS) is 10.7. The molecule has 0 unspecified atom stereocenters. The van der Waals surface area contributed by atoms with Crippen LogP contribution in [0.5, 0.6) is 11.5 Å². The third-order valence-electron chi connectivity index (χ3n) is 4.24. The minimum absolute atomic E-state index is 0.0499. The van der Waals surface area contributed by atoms with Crippen molar-refractivity contribution in [3.05, 3.63) is 65.4 Å². The molecule has 0 aliphatic carbocycles. The number of carbonyl (C=O) groups excluding carboxylic acids is 2. The Bertz CT molecular complexity index is 1050. The number of nitrogens with zero attached hydrogens (tertiary/aromatic N) is 1. The quantitative estimate of drug-likeness (QED) is 0.649. The van der Waals surface area contributed by atoms with Crippen molar-refractivity contribution in [2.45, 2.75) is 26.9 Å². The number of amides is 2. The van der Waals surface area contributed by atoms with E-state index in [1.165, 1.54) is 0 Å². The molecule has 0 bridgehead atoms. The van der Waals surface area contributed by atoms with Gasteiger partial charge in [0.1, 0.15) is 11.5 Å². The van der Waals surface area contributed by atoms with Crippen LogP contribution in [0.25, 0.3) is 10.9 Å². The summed E-state index contributed by atoms with van der Waals surface area (Å²) in [5.41, 5.74) is 6.92. The molecule has 1 aromatic heterocycles. The third-order valence-corrected chi connectivity index (χ3v) is 4.24. The summed E-state index contributed by atoms with van der Waals surface area (Å²) in [4.78, 5) is 29.3. The van der Waals surface area contributed by atoms with Gasteiger partial charge in [0.15, 0.2) is 0 Å². The van der Waals surface area contributed by atoms with Gasteiger partial charge in [0.25, 0.3) is 11.8 Å². The SMILES string of the molecule is COc1ccc2cc(C(=O)NNC(=O)c3ccc(OC(C)C)cc3)c(C)nc2c1. The summed E-state index contributed by atoms with van der Waals surface area (Å²) in [7, 11) is 1.59. The molecule has 150 valence electrons. The number of aromatic nitrogens is 1. The topological polar surface area (TPSA) is 89.6 Å². The molecular formula is C22H23N3O4. The number of carbonyl (C=O) groups is 2. The smallest absolute Gasteiger partial charge is 0.271 e. The van der Waals surface area contributed by atoms with Gasteiger partial charge < -0.3 is 9.47 Å². The van der Waals surface area contributed by atoms with Crippen LogP contribution in [-0.2, 0) is 0 Å². The van der Waals surface area contributed by atoms with Crippen molar-refractivity contribution in [3.63, 3.8) is 0 Å². The summed E-state index contributed by atoms with van der Waals surface area (Å²) >= 11 is 0. The molecule has 2 aromatic carbocycles. The van der Waals surface area contributed by atoms with E-state index in [1.54, 1.807) is 56.5 Å². The second-order valence-corrected chi connectivity index (χ2v) is 6.78. The molecule has 0 radical (unpaired) electrons. The molecule has 0 saturated carbocycles. The number of ether oxygens (including phenoxy) is 2. The molecule has 3 rings (SSSR count). The minimum atomic E-state index is -0.444. The summed E-state index contributed by atoms with van der Waals surface area (Å²) in [5.74, 6) is 0.500. The highest BCUT2D eigenvalue weighted by Crippen LogP contribution is 2.21. The Labute approximate surface area is 169 Å². The van der Waals surface area contributed by atoms with Gasteiger partial charge >= 0.3 is 0 Å². The Kier molecular flexibility index (Phi) is 5.97. The van der Waals surface area contributed by atoms with E-state index in [0.717, 1.165) is 10.9 Å². The van der Waals surface area contributed by atoms with Crippen LogP contribution in [0, 0.1) is 6.92 Å². The van der Waals surface area contributed by atoms with Gasteiger partial charge in [-0.25, -0.2) is 0 Å². The van der Waals surface area contributed by atoms with Gasteiger partial charge in [0, 0.05) is 17.0 Å². The molecule has 0 spiro atoms. The highest BCUT2D eigenvalue weighted by atomic mass is 16.5. The first-order valence-electron chi connectivity index (χ1n) is 9.20. The van der Waals surface area contributed by atoms with E-state index in [-0.39, 0.29) is 6.10 Å². The molecule has 0 saturated heterocycles. The fraction of sp³-hybridized carbons (Fsp3) is 0.227. The summed E-state index contributed by atoms with van der Waals surface area (Å²) in [6.07, 6.45) is 0.0499. The van der Waals surface area contributed by atoms with E-state index in [2.05, 4.69) is 15.8 Å². The largest absolute Gasteiger partial charge is 0.497 e. The fourth-order valence-corrected chi connectivity index (χ4v) is 2.81. The van der Waals surface area contributed by atoms with E-state index >= 15 is 0 Å². The average Bonchev–Trinajstić information content (AvgIpc) is 2.70. The Morgan fingerprint density at radius 1 is 0.931 bits per heavy atom. The van der Waals surface area contributed by atoms with Crippen molar-refractivity contribution >= 4 is 22.7 Å². The standard InChI is InChI=1S/C22H23N3O4/c1-13(2)29-17-8-5-15(6-9-17)21(26)24-25-22(27)19-11-16-7-10-18(28-4)12-20(16)23-14(19)3/h5-13H,1-4H3,(H,24,26)(H,25,27). The van der Waals surface area contributed by atoms with E-state index in [1.807, 2.05) is 19.9 Å². The predicted octanol–water partition coefficient (Wildman–Crippen LogP) is 3.41. The van der Waals surface area contributed by atoms with Crippen LogP contribution in [0.4, 0.5) is 0 Å². The van der Waals surface area contributed by atoms with E-state index < -0.39 is 11.8 Å². The van der Waals surface area contributed by atoms with Crippen LogP contribution in [0.15, 0.2) is 48.5 Å². The van der Waals surface area contributed by atoms with Gasteiger partial charge in [0.2, 0.25) is 0 Å². The Hall–Kier alpha value is -3.61. The third kappa shape index (κ3) is 4.82. The van der Waals surface area contributed by atoms with Gasteiger partial charge in [-0.3, -0.25) is 25.4 Å². The highest BCUT2D eigenvalue weighted by Gasteiger charge is 2.14. The number of hydrazine groups is 1. The number of methoxy groups -OCH3 is 1. The van der Waals surface area contributed by atoms with Crippen molar-refractivity contribution in [1.29, 1.82) is 0 Å². The molecule has 0 fully saturated rings. The second kappa shape index (κ2) is 8.60. The number of hydrogen-bond donors (Lipinski definition) is 2. The van der Waals surface area contributed by atoms with E-state index in [9.17, 15) is 9.59 Å². The first-order valence-corrected chi connectivity index (χ1v) is 9.20. The zero-order chi connectivity index (χ0) is 21.0. The lowest BCUT2D eigenvalue weighted by molar-refractivity contribution is 0.0846. The van der Waals surface area contributed by atoms with Crippen molar-refractivity contribution in [2.75, 3.05) is 7.11 Å². The Morgan fingerprint density at radius 2 is 1.59 bits per heavy atom. The zero-order valence-electron chi connectivity index (χ0n) is 16.8. The Morgan fingerprint density at radius 3 is 2.24 bits per heavy atom. The van der Waals surface area contributed by atoms with Crippen LogP contribution >= 0.6 is 0 Å². The van der Waals surface area contributed by atoms with E-state index in [4.69, 9.17) is 9.47 Å². The number of aryl methyl sites for hydroxylation is 1. The molecule has 2 amide bonds. The number of fused-ring (bicyclic) bond motifs is 1. The molecular weight excluding hydrogens is 370 g/mol. The summed E-state index contributed by atoms with van der Waals surface area (Å²) in [6.45, 7) is 5.59. The van der Waals surface area contributed by atoms with Crippen molar-refractivity contribution in [2.24, 2.45) is 0 Å². The maximum Gasteiger partial charge on any atom is 0.271 e. The molecule has 0 aliphatic rings. The van der Waals surface area contributed by atoms with Crippen LogP contribution in [0.2, 0.25) is 0 Å². The number of hydrogen-bond acceptors (Lipinski definition) is 5. The fourth-order valence-electron chi connectivity index (χ4n) is 2.81. The van der Waals surface area contributed by atoms with Gasteiger partial charge in [-0.2, -0.15) is 0 Å². The predicted molar refractivity (Wildman–Crippen MR) is 110 cm³/mol. The molecule has 1 heterocycles. The summed E-state index contributed by atoms with van der Waals surface area (Å²) < 4.78 is 10.7. The monoisotopic (exact) mass is 393 g/mol. The highest BCUT2D eigenvalue weighted by molar-refractivity contribution is 6.01. The number of benzene rings is 2. The molecule has 3 aromatic rings. The lowest BCUT2D eigenvalue weighted by atomic mass is 10.1. The molecule has 29 heavy (non-hydrogen) atoms. The minimum Gasteiger partial charge on any atom is -0.497 e. The molecule has 7 heteroatoms. The van der Waals surface area contributed by atoms with Crippen LogP contribution in [0.3, 0.4) is 0 Å².